The van der Waals surface area contributed by atoms with Gasteiger partial charge in [0.05, 0.1) is 0 Å². The first kappa shape index (κ1) is 19.3. The quantitative estimate of drug-likeness (QED) is 0.832. The highest BCUT2D eigenvalue weighted by Gasteiger charge is 2.31. The zero-order valence-electron chi connectivity index (χ0n) is 11.9. The summed E-state index contributed by atoms with van der Waals surface area (Å²) in [5.74, 6) is 0.895. The highest BCUT2D eigenvalue weighted by Crippen LogP contribution is 2.42. The van der Waals surface area contributed by atoms with E-state index in [0.29, 0.717) is 6.04 Å². The van der Waals surface area contributed by atoms with Crippen molar-refractivity contribution in [3.05, 3.63) is 33.8 Å². The Bertz CT molecular complexity index is 445. The van der Waals surface area contributed by atoms with Crippen LogP contribution in [0.4, 0.5) is 0 Å². The van der Waals surface area contributed by atoms with Crippen molar-refractivity contribution in [2.24, 2.45) is 5.92 Å². The second-order valence-electron chi connectivity index (χ2n) is 5.65. The fraction of sp³-hybridized carbons (Fsp3) is 0.600. The third-order valence-corrected chi connectivity index (χ3v) is 4.73. The first-order valence-electron chi connectivity index (χ1n) is 7.14. The predicted molar refractivity (Wildman–Crippen MR) is 95.5 cm³/mol. The van der Waals surface area contributed by atoms with Crippen LogP contribution in [0.2, 0.25) is 10.0 Å². The van der Waals surface area contributed by atoms with Crippen molar-refractivity contribution >= 4 is 48.0 Å². The summed E-state index contributed by atoms with van der Waals surface area (Å²) in [6.45, 7) is 4.37. The molecule has 0 unspecified atom stereocenters. The van der Waals surface area contributed by atoms with Crippen LogP contribution in [0.1, 0.15) is 30.9 Å². The average Bonchev–Trinajstić information content (AvgIpc) is 3.22. The number of hydrogen-bond donors (Lipinski definition) is 1. The van der Waals surface area contributed by atoms with E-state index in [2.05, 4.69) is 16.3 Å². The van der Waals surface area contributed by atoms with E-state index in [1.54, 1.807) is 0 Å². The summed E-state index contributed by atoms with van der Waals surface area (Å²) < 4.78 is 0. The Hall–Kier alpha value is 0.300. The van der Waals surface area contributed by atoms with Gasteiger partial charge in [0.1, 0.15) is 0 Å². The highest BCUT2D eigenvalue weighted by atomic mass is 35.5. The minimum absolute atomic E-state index is 0. The molecule has 2 nitrogen and oxygen atoms in total. The van der Waals surface area contributed by atoms with Gasteiger partial charge in [-0.05, 0) is 30.0 Å². The Morgan fingerprint density at radius 2 is 1.81 bits per heavy atom. The minimum atomic E-state index is 0. The van der Waals surface area contributed by atoms with E-state index < -0.39 is 0 Å². The topological polar surface area (TPSA) is 15.3 Å². The van der Waals surface area contributed by atoms with Crippen molar-refractivity contribution in [1.29, 1.82) is 0 Å². The van der Waals surface area contributed by atoms with Crippen LogP contribution in [0.5, 0.6) is 0 Å². The van der Waals surface area contributed by atoms with Gasteiger partial charge in [-0.25, -0.2) is 0 Å². The lowest BCUT2D eigenvalue weighted by atomic mass is 9.98. The summed E-state index contributed by atoms with van der Waals surface area (Å²) in [4.78, 5) is 2.57. The van der Waals surface area contributed by atoms with E-state index >= 15 is 0 Å². The molecule has 1 N–H and O–H groups in total. The zero-order valence-corrected chi connectivity index (χ0v) is 15.0. The maximum atomic E-state index is 6.42. The number of rotatable bonds is 4. The molecule has 1 aliphatic heterocycles. The number of hydrogen-bond acceptors (Lipinski definition) is 2. The van der Waals surface area contributed by atoms with Gasteiger partial charge in [0.25, 0.3) is 0 Å². The van der Waals surface area contributed by atoms with Gasteiger partial charge in [0.15, 0.2) is 0 Å². The molecule has 6 heteroatoms. The van der Waals surface area contributed by atoms with Gasteiger partial charge in [-0.3, -0.25) is 4.90 Å². The average molecular weight is 372 g/mol. The predicted octanol–water partition coefficient (Wildman–Crippen LogP) is 4.58. The smallest absolute Gasteiger partial charge is 0.0468 e. The molecule has 2 fully saturated rings. The van der Waals surface area contributed by atoms with Crippen molar-refractivity contribution in [3.63, 3.8) is 0 Å². The molecule has 21 heavy (non-hydrogen) atoms. The third-order valence-electron chi connectivity index (χ3n) is 4.17. The summed E-state index contributed by atoms with van der Waals surface area (Å²) in [6.07, 6.45) is 4.00. The number of piperazine rings is 1. The molecule has 0 spiro atoms. The van der Waals surface area contributed by atoms with Gasteiger partial charge in [0.2, 0.25) is 0 Å². The van der Waals surface area contributed by atoms with Crippen LogP contribution in [-0.4, -0.2) is 31.1 Å². The molecule has 0 bridgehead atoms. The summed E-state index contributed by atoms with van der Waals surface area (Å²) in [6, 6.07) is 6.41. The second kappa shape index (κ2) is 8.81. The summed E-state index contributed by atoms with van der Waals surface area (Å²) in [5, 5.41) is 4.96. The second-order valence-corrected chi connectivity index (χ2v) is 6.49. The molecule has 1 saturated heterocycles. The van der Waals surface area contributed by atoms with E-state index in [-0.39, 0.29) is 24.8 Å². The third kappa shape index (κ3) is 5.16. The molecular weight excluding hydrogens is 350 g/mol. The van der Waals surface area contributed by atoms with E-state index in [4.69, 9.17) is 23.2 Å². The van der Waals surface area contributed by atoms with Gasteiger partial charge >= 0.3 is 0 Å². The normalized spacial score (nSPS) is 20.3. The van der Waals surface area contributed by atoms with Crippen LogP contribution in [0.3, 0.4) is 0 Å². The maximum absolute atomic E-state index is 6.42. The van der Waals surface area contributed by atoms with Crippen molar-refractivity contribution in [2.45, 2.75) is 25.3 Å². The van der Waals surface area contributed by atoms with Crippen molar-refractivity contribution in [2.75, 3.05) is 26.2 Å². The number of nitrogens with zero attached hydrogens (tertiary/aromatic N) is 1. The Morgan fingerprint density at radius 3 is 2.38 bits per heavy atom. The molecule has 2 aliphatic rings. The van der Waals surface area contributed by atoms with Crippen LogP contribution in [0.15, 0.2) is 18.2 Å². The fourth-order valence-electron chi connectivity index (χ4n) is 2.91. The molecule has 1 aromatic carbocycles. The first-order chi connectivity index (χ1) is 9.24. The van der Waals surface area contributed by atoms with E-state index in [0.717, 1.165) is 42.1 Å². The standard InChI is InChI=1S/C15H20Cl2N2.2ClH/c16-12-3-4-13(14(17)10-12)15(9-11-1-2-11)19-7-5-18-6-8-19;;/h3-4,10-11,15,18H,1-2,5-9H2;2*1H/t15-;;/m0../s1. The fourth-order valence-corrected chi connectivity index (χ4v) is 3.44. The number of benzene rings is 1. The lowest BCUT2D eigenvalue weighted by molar-refractivity contribution is 0.160. The molecule has 0 aromatic heterocycles. The molecule has 1 aliphatic carbocycles. The molecule has 1 saturated carbocycles. The maximum Gasteiger partial charge on any atom is 0.0468 e. The van der Waals surface area contributed by atoms with Crippen LogP contribution in [0, 0.1) is 5.92 Å². The largest absolute Gasteiger partial charge is 0.314 e. The summed E-state index contributed by atoms with van der Waals surface area (Å²) in [7, 11) is 0. The SMILES string of the molecule is Cl.Cl.Clc1ccc([C@H](CC2CC2)N2CCNCC2)c(Cl)c1. The van der Waals surface area contributed by atoms with Gasteiger partial charge in [-0.15, -0.1) is 24.8 Å². The van der Waals surface area contributed by atoms with Crippen molar-refractivity contribution < 1.29 is 0 Å². The van der Waals surface area contributed by atoms with E-state index in [1.807, 2.05) is 12.1 Å². The summed E-state index contributed by atoms with van der Waals surface area (Å²) in [5.41, 5.74) is 1.25. The van der Waals surface area contributed by atoms with E-state index in [9.17, 15) is 0 Å². The number of halogens is 4. The van der Waals surface area contributed by atoms with Crippen LogP contribution in [0.25, 0.3) is 0 Å². The molecule has 0 amide bonds. The molecule has 0 radical (unpaired) electrons. The molecule has 3 rings (SSSR count). The molecule has 1 atom stereocenters. The highest BCUT2D eigenvalue weighted by molar-refractivity contribution is 6.35. The first-order valence-corrected chi connectivity index (χ1v) is 7.89. The Kier molecular flexibility index (Phi) is 8.11. The van der Waals surface area contributed by atoms with Crippen LogP contribution in [-0.2, 0) is 0 Å². The molecule has 1 heterocycles. The monoisotopic (exact) mass is 370 g/mol. The van der Waals surface area contributed by atoms with Gasteiger partial charge in [-0.2, -0.15) is 0 Å². The lowest BCUT2D eigenvalue weighted by Crippen LogP contribution is -2.45. The van der Waals surface area contributed by atoms with Crippen molar-refractivity contribution in [3.8, 4) is 0 Å². The Labute approximate surface area is 149 Å². The minimum Gasteiger partial charge on any atom is -0.314 e. The Morgan fingerprint density at radius 1 is 1.14 bits per heavy atom. The van der Waals surface area contributed by atoms with Crippen molar-refractivity contribution in [1.82, 2.24) is 10.2 Å². The summed E-state index contributed by atoms with van der Waals surface area (Å²) >= 11 is 12.4. The number of nitrogens with one attached hydrogen (secondary N) is 1. The van der Waals surface area contributed by atoms with Crippen LogP contribution < -0.4 is 5.32 Å². The Balaban J connectivity index is 0.00000110. The van der Waals surface area contributed by atoms with E-state index in [1.165, 1.54) is 24.8 Å². The lowest BCUT2D eigenvalue weighted by Gasteiger charge is -2.36. The molecule has 120 valence electrons. The molecule has 1 aromatic rings. The van der Waals surface area contributed by atoms with Gasteiger partial charge < -0.3 is 5.32 Å². The molecular formula is C15H22Cl4N2. The van der Waals surface area contributed by atoms with Gasteiger partial charge in [0, 0.05) is 42.3 Å². The van der Waals surface area contributed by atoms with Gasteiger partial charge in [-0.1, -0.05) is 42.1 Å². The zero-order chi connectivity index (χ0) is 13.2. The van der Waals surface area contributed by atoms with Crippen LogP contribution >= 0.6 is 48.0 Å².